The number of nitrogens with one attached hydrogen (secondary N) is 2. The number of benzene rings is 1. The molecule has 0 amide bonds. The third-order valence-electron chi connectivity index (χ3n) is 1.38. The summed E-state index contributed by atoms with van der Waals surface area (Å²) in [5.41, 5.74) is 7.38. The highest BCUT2D eigenvalue weighted by Gasteiger charge is 1.87. The summed E-state index contributed by atoms with van der Waals surface area (Å²) in [7, 11) is 1.89. The molecule has 0 radical (unpaired) electrons. The van der Waals surface area contributed by atoms with Crippen LogP contribution in [0.1, 0.15) is 0 Å². The van der Waals surface area contributed by atoms with E-state index in [0.717, 1.165) is 18.0 Å². The normalized spacial score (nSPS) is 9.55. The first-order valence-corrected chi connectivity index (χ1v) is 3.57. The highest BCUT2D eigenvalue weighted by atomic mass is 15.0. The minimum Gasteiger partial charge on any atom is -0.399 e. The molecule has 0 aromatic heterocycles. The molecule has 0 saturated heterocycles. The molecule has 0 bridgehead atoms. The van der Waals surface area contributed by atoms with Gasteiger partial charge in [-0.15, -0.1) is 0 Å². The molecule has 1 aromatic carbocycles. The lowest BCUT2D eigenvalue weighted by molar-refractivity contribution is 0.874. The number of nitrogens with two attached hydrogens (primary N) is 1. The Morgan fingerprint density at radius 1 is 1.27 bits per heavy atom. The fraction of sp³-hybridized carbons (Fsp3) is 0.250. The number of rotatable bonds is 3. The van der Waals surface area contributed by atoms with Gasteiger partial charge in [-0.1, -0.05) is 0 Å². The first-order valence-electron chi connectivity index (χ1n) is 3.57. The minimum atomic E-state index is 0.768. The quantitative estimate of drug-likeness (QED) is 0.443. The highest BCUT2D eigenvalue weighted by Crippen LogP contribution is 2.09. The monoisotopic (exact) mass is 151 g/mol. The van der Waals surface area contributed by atoms with Crippen molar-refractivity contribution >= 4 is 11.4 Å². The number of hydrogen-bond donors (Lipinski definition) is 3. The predicted molar refractivity (Wildman–Crippen MR) is 48.4 cm³/mol. The van der Waals surface area contributed by atoms with Gasteiger partial charge in [0.1, 0.15) is 0 Å². The molecule has 0 unspecified atom stereocenters. The van der Waals surface area contributed by atoms with Crippen molar-refractivity contribution in [2.45, 2.75) is 0 Å². The van der Waals surface area contributed by atoms with E-state index in [1.165, 1.54) is 0 Å². The van der Waals surface area contributed by atoms with Crippen LogP contribution < -0.4 is 16.4 Å². The molecular weight excluding hydrogens is 138 g/mol. The average Bonchev–Trinajstić information content (AvgIpc) is 2.04. The van der Waals surface area contributed by atoms with Gasteiger partial charge < -0.3 is 16.4 Å². The second kappa shape index (κ2) is 3.83. The largest absolute Gasteiger partial charge is 0.399 e. The molecule has 0 aliphatic carbocycles. The van der Waals surface area contributed by atoms with Crippen LogP contribution in [0.25, 0.3) is 0 Å². The Bertz CT molecular complexity index is 205. The van der Waals surface area contributed by atoms with Gasteiger partial charge in [-0.3, -0.25) is 0 Å². The summed E-state index contributed by atoms with van der Waals surface area (Å²) in [4.78, 5) is 0. The predicted octanol–water partition coefficient (Wildman–Crippen LogP) is 0.858. The van der Waals surface area contributed by atoms with Gasteiger partial charge >= 0.3 is 0 Å². The van der Waals surface area contributed by atoms with Crippen molar-refractivity contribution in [2.24, 2.45) is 0 Å². The Labute approximate surface area is 66.6 Å². The van der Waals surface area contributed by atoms with Gasteiger partial charge in [0.05, 0.1) is 6.67 Å². The second-order valence-corrected chi connectivity index (χ2v) is 2.33. The van der Waals surface area contributed by atoms with Gasteiger partial charge in [0.15, 0.2) is 0 Å². The maximum Gasteiger partial charge on any atom is 0.0650 e. The SMILES string of the molecule is CNCNc1ccc(N)cc1. The molecule has 0 spiro atoms. The van der Waals surface area contributed by atoms with Gasteiger partial charge in [-0.05, 0) is 31.3 Å². The van der Waals surface area contributed by atoms with E-state index >= 15 is 0 Å². The molecule has 0 aliphatic rings. The third-order valence-corrected chi connectivity index (χ3v) is 1.38. The standard InChI is InChI=1S/C8H13N3/c1-10-6-11-8-4-2-7(9)3-5-8/h2-5,10-11H,6,9H2,1H3. The van der Waals surface area contributed by atoms with Crippen LogP contribution in [0.15, 0.2) is 24.3 Å². The van der Waals surface area contributed by atoms with E-state index in [1.54, 1.807) is 0 Å². The lowest BCUT2D eigenvalue weighted by Gasteiger charge is -2.04. The molecule has 0 atom stereocenters. The van der Waals surface area contributed by atoms with Gasteiger partial charge in [0.25, 0.3) is 0 Å². The van der Waals surface area contributed by atoms with E-state index in [-0.39, 0.29) is 0 Å². The number of anilines is 2. The van der Waals surface area contributed by atoms with E-state index in [4.69, 9.17) is 5.73 Å². The number of nitrogen functional groups attached to an aromatic ring is 1. The summed E-state index contributed by atoms with van der Waals surface area (Å²) in [5.74, 6) is 0. The van der Waals surface area contributed by atoms with E-state index in [1.807, 2.05) is 31.3 Å². The van der Waals surface area contributed by atoms with Crippen LogP contribution in [-0.4, -0.2) is 13.7 Å². The molecule has 1 aromatic rings. The van der Waals surface area contributed by atoms with Crippen molar-refractivity contribution in [1.82, 2.24) is 5.32 Å². The zero-order chi connectivity index (χ0) is 8.10. The summed E-state index contributed by atoms with van der Waals surface area (Å²) in [6.07, 6.45) is 0. The van der Waals surface area contributed by atoms with Crippen LogP contribution in [0.2, 0.25) is 0 Å². The van der Waals surface area contributed by atoms with Crippen molar-refractivity contribution < 1.29 is 0 Å². The number of hydrogen-bond acceptors (Lipinski definition) is 3. The summed E-state index contributed by atoms with van der Waals surface area (Å²) in [6.45, 7) is 0.768. The van der Waals surface area contributed by atoms with E-state index in [0.29, 0.717) is 0 Å². The maximum atomic E-state index is 5.51. The topological polar surface area (TPSA) is 50.1 Å². The van der Waals surface area contributed by atoms with Crippen molar-refractivity contribution in [2.75, 3.05) is 24.8 Å². The van der Waals surface area contributed by atoms with Crippen LogP contribution >= 0.6 is 0 Å². The van der Waals surface area contributed by atoms with Crippen LogP contribution in [0.3, 0.4) is 0 Å². The lowest BCUT2D eigenvalue weighted by atomic mass is 10.3. The Hall–Kier alpha value is -1.22. The first-order chi connectivity index (χ1) is 5.33. The van der Waals surface area contributed by atoms with Crippen molar-refractivity contribution in [3.63, 3.8) is 0 Å². The van der Waals surface area contributed by atoms with Gasteiger partial charge in [-0.25, -0.2) is 0 Å². The van der Waals surface area contributed by atoms with Crippen LogP contribution in [0.5, 0.6) is 0 Å². The molecule has 1 rings (SSSR count). The lowest BCUT2D eigenvalue weighted by Crippen LogP contribution is -2.16. The molecule has 4 N–H and O–H groups in total. The third kappa shape index (κ3) is 2.47. The zero-order valence-corrected chi connectivity index (χ0v) is 6.59. The molecule has 60 valence electrons. The zero-order valence-electron chi connectivity index (χ0n) is 6.59. The molecule has 3 heteroatoms. The fourth-order valence-electron chi connectivity index (χ4n) is 0.791. The molecule has 11 heavy (non-hydrogen) atoms. The van der Waals surface area contributed by atoms with Crippen LogP contribution in [-0.2, 0) is 0 Å². The van der Waals surface area contributed by atoms with E-state index in [2.05, 4.69) is 10.6 Å². The van der Waals surface area contributed by atoms with Gasteiger partial charge in [-0.2, -0.15) is 0 Å². The Kier molecular flexibility index (Phi) is 2.74. The molecule has 0 aliphatic heterocycles. The van der Waals surface area contributed by atoms with Crippen molar-refractivity contribution in [3.05, 3.63) is 24.3 Å². The van der Waals surface area contributed by atoms with Crippen molar-refractivity contribution in [1.29, 1.82) is 0 Å². The molecular formula is C8H13N3. The molecule has 0 fully saturated rings. The first kappa shape index (κ1) is 7.88. The molecule has 3 nitrogen and oxygen atoms in total. The van der Waals surface area contributed by atoms with Crippen LogP contribution in [0.4, 0.5) is 11.4 Å². The van der Waals surface area contributed by atoms with Crippen LogP contribution in [0, 0.1) is 0 Å². The highest BCUT2D eigenvalue weighted by molar-refractivity contribution is 5.50. The summed E-state index contributed by atoms with van der Waals surface area (Å²) in [6, 6.07) is 7.65. The average molecular weight is 151 g/mol. The summed E-state index contributed by atoms with van der Waals surface area (Å²) in [5, 5.41) is 6.14. The Balaban J connectivity index is 2.52. The van der Waals surface area contributed by atoms with Crippen molar-refractivity contribution in [3.8, 4) is 0 Å². The minimum absolute atomic E-state index is 0.768. The second-order valence-electron chi connectivity index (χ2n) is 2.33. The Morgan fingerprint density at radius 3 is 2.45 bits per heavy atom. The summed E-state index contributed by atoms with van der Waals surface area (Å²) >= 11 is 0. The van der Waals surface area contributed by atoms with E-state index in [9.17, 15) is 0 Å². The maximum absolute atomic E-state index is 5.51. The summed E-state index contributed by atoms with van der Waals surface area (Å²) < 4.78 is 0. The molecule has 0 saturated carbocycles. The van der Waals surface area contributed by atoms with Gasteiger partial charge in [0, 0.05) is 11.4 Å². The van der Waals surface area contributed by atoms with Gasteiger partial charge in [0.2, 0.25) is 0 Å². The molecule has 0 heterocycles. The van der Waals surface area contributed by atoms with E-state index < -0.39 is 0 Å². The fourth-order valence-corrected chi connectivity index (χ4v) is 0.791. The smallest absolute Gasteiger partial charge is 0.0650 e. The Morgan fingerprint density at radius 2 is 1.91 bits per heavy atom.